The van der Waals surface area contributed by atoms with E-state index in [4.69, 9.17) is 18.7 Å². The molecular formula is C27H32N4O6. The molecule has 0 aliphatic carbocycles. The lowest BCUT2D eigenvalue weighted by atomic mass is 9.96. The first-order valence-electron chi connectivity index (χ1n) is 12.3. The summed E-state index contributed by atoms with van der Waals surface area (Å²) in [6.07, 6.45) is 1.65. The summed E-state index contributed by atoms with van der Waals surface area (Å²) in [6, 6.07) is 10.7. The summed E-state index contributed by atoms with van der Waals surface area (Å²) in [6.45, 7) is 5.70. The maximum Gasteiger partial charge on any atom is 0.338 e. The molecule has 2 aromatic carbocycles. The van der Waals surface area contributed by atoms with E-state index in [-0.39, 0.29) is 11.8 Å². The number of rotatable bonds is 9. The molecule has 1 N–H and O–H groups in total. The summed E-state index contributed by atoms with van der Waals surface area (Å²) >= 11 is 0. The molecule has 196 valence electrons. The van der Waals surface area contributed by atoms with Gasteiger partial charge in [-0.3, -0.25) is 9.69 Å². The van der Waals surface area contributed by atoms with Crippen LogP contribution in [0.1, 0.15) is 41.6 Å². The van der Waals surface area contributed by atoms with Gasteiger partial charge in [-0.2, -0.15) is 4.98 Å². The van der Waals surface area contributed by atoms with Gasteiger partial charge in [0, 0.05) is 17.8 Å². The molecule has 3 aromatic rings. The standard InChI is InChI=1S/C27H32N4O6/c1-5-36-27(33)20-9-6-10-21(17(20)2)28-26(32)19-8-7-13-31(15-19)16-24-29-25(30-37-24)18-11-12-22(34-3)23(14-18)35-4/h6,9-12,14,19H,5,7-8,13,15-16H2,1-4H3,(H,28,32). The highest BCUT2D eigenvalue weighted by molar-refractivity contribution is 5.97. The Morgan fingerprint density at radius 1 is 1.16 bits per heavy atom. The van der Waals surface area contributed by atoms with Gasteiger partial charge in [0.25, 0.3) is 0 Å². The second kappa shape index (κ2) is 11.9. The van der Waals surface area contributed by atoms with Crippen molar-refractivity contribution in [3.8, 4) is 22.9 Å². The van der Waals surface area contributed by atoms with Gasteiger partial charge in [0.1, 0.15) is 0 Å². The Hall–Kier alpha value is -3.92. The number of piperidine rings is 1. The fourth-order valence-corrected chi connectivity index (χ4v) is 4.45. The number of hydrogen-bond donors (Lipinski definition) is 1. The Morgan fingerprint density at radius 2 is 1.97 bits per heavy atom. The second-order valence-corrected chi connectivity index (χ2v) is 8.84. The fourth-order valence-electron chi connectivity index (χ4n) is 4.45. The molecular weight excluding hydrogens is 476 g/mol. The van der Waals surface area contributed by atoms with Crippen LogP contribution in [0.3, 0.4) is 0 Å². The number of likely N-dealkylation sites (tertiary alicyclic amines) is 1. The number of methoxy groups -OCH3 is 2. The average molecular weight is 509 g/mol. The quantitative estimate of drug-likeness (QED) is 0.427. The summed E-state index contributed by atoms with van der Waals surface area (Å²) in [7, 11) is 3.16. The molecule has 0 bridgehead atoms. The van der Waals surface area contributed by atoms with Crippen LogP contribution in [-0.4, -0.2) is 60.8 Å². The van der Waals surface area contributed by atoms with Gasteiger partial charge in [0.05, 0.1) is 38.9 Å². The minimum Gasteiger partial charge on any atom is -0.493 e. The van der Waals surface area contributed by atoms with Gasteiger partial charge < -0.3 is 24.1 Å². The number of ether oxygens (including phenoxy) is 3. The van der Waals surface area contributed by atoms with Crippen molar-refractivity contribution >= 4 is 17.6 Å². The monoisotopic (exact) mass is 508 g/mol. The van der Waals surface area contributed by atoms with E-state index in [0.717, 1.165) is 24.9 Å². The first-order chi connectivity index (χ1) is 17.9. The molecule has 1 unspecified atom stereocenters. The van der Waals surface area contributed by atoms with Crippen molar-refractivity contribution in [2.45, 2.75) is 33.2 Å². The van der Waals surface area contributed by atoms with Gasteiger partial charge in [-0.25, -0.2) is 4.79 Å². The predicted octanol–water partition coefficient (Wildman–Crippen LogP) is 4.09. The molecule has 4 rings (SSSR count). The van der Waals surface area contributed by atoms with Gasteiger partial charge >= 0.3 is 5.97 Å². The molecule has 1 amide bonds. The molecule has 1 aromatic heterocycles. The maximum atomic E-state index is 13.1. The largest absolute Gasteiger partial charge is 0.493 e. The van der Waals surface area contributed by atoms with Crippen LogP contribution in [0, 0.1) is 12.8 Å². The van der Waals surface area contributed by atoms with Crippen LogP contribution in [0.15, 0.2) is 40.9 Å². The summed E-state index contributed by atoms with van der Waals surface area (Å²) in [5.41, 5.74) is 2.51. The summed E-state index contributed by atoms with van der Waals surface area (Å²) in [5.74, 6) is 1.46. The van der Waals surface area contributed by atoms with Gasteiger partial charge in [-0.15, -0.1) is 0 Å². The van der Waals surface area contributed by atoms with Crippen molar-refractivity contribution in [2.75, 3.05) is 39.2 Å². The van der Waals surface area contributed by atoms with E-state index in [9.17, 15) is 9.59 Å². The lowest BCUT2D eigenvalue weighted by Crippen LogP contribution is -2.40. The van der Waals surface area contributed by atoms with Gasteiger partial charge in [-0.1, -0.05) is 11.2 Å². The van der Waals surface area contributed by atoms with Crippen LogP contribution in [-0.2, 0) is 16.1 Å². The number of benzene rings is 2. The highest BCUT2D eigenvalue weighted by Gasteiger charge is 2.28. The van der Waals surface area contributed by atoms with Gasteiger partial charge in [-0.05, 0) is 69.1 Å². The Kier molecular flexibility index (Phi) is 8.39. The van der Waals surface area contributed by atoms with Gasteiger partial charge in [0.15, 0.2) is 11.5 Å². The Morgan fingerprint density at radius 3 is 2.73 bits per heavy atom. The third kappa shape index (κ3) is 6.08. The van der Waals surface area contributed by atoms with Crippen LogP contribution in [0.4, 0.5) is 5.69 Å². The van der Waals surface area contributed by atoms with E-state index in [0.29, 0.717) is 59.7 Å². The van der Waals surface area contributed by atoms with E-state index in [2.05, 4.69) is 20.4 Å². The third-order valence-corrected chi connectivity index (χ3v) is 6.43. The molecule has 1 atom stereocenters. The number of carbonyl (C=O) groups is 2. The molecule has 1 aliphatic rings. The van der Waals surface area contributed by atoms with E-state index in [1.807, 2.05) is 6.07 Å². The van der Waals surface area contributed by atoms with Crippen LogP contribution in [0.5, 0.6) is 11.5 Å². The number of esters is 1. The van der Waals surface area contributed by atoms with Gasteiger partial charge in [0.2, 0.25) is 17.6 Å². The molecule has 0 saturated carbocycles. The molecule has 1 saturated heterocycles. The summed E-state index contributed by atoms with van der Waals surface area (Å²) in [4.78, 5) is 32.0. The molecule has 37 heavy (non-hydrogen) atoms. The van der Waals surface area contributed by atoms with E-state index in [1.165, 1.54) is 0 Å². The number of nitrogens with one attached hydrogen (secondary N) is 1. The molecule has 1 aliphatic heterocycles. The van der Waals surface area contributed by atoms with Crippen LogP contribution < -0.4 is 14.8 Å². The van der Waals surface area contributed by atoms with Crippen molar-refractivity contribution in [3.63, 3.8) is 0 Å². The van der Waals surface area contributed by atoms with Crippen molar-refractivity contribution in [1.82, 2.24) is 15.0 Å². The first-order valence-corrected chi connectivity index (χ1v) is 12.3. The van der Waals surface area contributed by atoms with Crippen molar-refractivity contribution in [1.29, 1.82) is 0 Å². The molecule has 10 heteroatoms. The Labute approximate surface area is 215 Å². The van der Waals surface area contributed by atoms with Crippen LogP contribution in [0.25, 0.3) is 11.4 Å². The first kappa shape index (κ1) is 26.2. The van der Waals surface area contributed by atoms with E-state index in [1.54, 1.807) is 58.4 Å². The Bertz CT molecular complexity index is 1260. The predicted molar refractivity (Wildman–Crippen MR) is 137 cm³/mol. The number of carbonyl (C=O) groups excluding carboxylic acids is 2. The number of anilines is 1. The van der Waals surface area contributed by atoms with Crippen LogP contribution >= 0.6 is 0 Å². The second-order valence-electron chi connectivity index (χ2n) is 8.84. The molecule has 0 radical (unpaired) electrons. The summed E-state index contributed by atoms with van der Waals surface area (Å²) < 4.78 is 21.3. The third-order valence-electron chi connectivity index (χ3n) is 6.43. The zero-order valence-corrected chi connectivity index (χ0v) is 21.6. The topological polar surface area (TPSA) is 116 Å². The minimum atomic E-state index is -0.396. The zero-order chi connectivity index (χ0) is 26.4. The summed E-state index contributed by atoms with van der Waals surface area (Å²) in [5, 5.41) is 7.11. The molecule has 10 nitrogen and oxygen atoms in total. The van der Waals surface area contributed by atoms with E-state index >= 15 is 0 Å². The van der Waals surface area contributed by atoms with Crippen LogP contribution in [0.2, 0.25) is 0 Å². The average Bonchev–Trinajstić information content (AvgIpc) is 3.38. The van der Waals surface area contributed by atoms with Crippen molar-refractivity contribution < 1.29 is 28.3 Å². The number of amides is 1. The fraction of sp³-hybridized carbons (Fsp3) is 0.407. The maximum absolute atomic E-state index is 13.1. The highest BCUT2D eigenvalue weighted by atomic mass is 16.5. The highest BCUT2D eigenvalue weighted by Crippen LogP contribution is 2.31. The van der Waals surface area contributed by atoms with Crippen molar-refractivity contribution in [3.05, 3.63) is 53.4 Å². The molecule has 2 heterocycles. The lowest BCUT2D eigenvalue weighted by molar-refractivity contribution is -0.121. The van der Waals surface area contributed by atoms with Crippen molar-refractivity contribution in [2.24, 2.45) is 5.92 Å². The number of nitrogens with zero attached hydrogens (tertiary/aromatic N) is 3. The smallest absolute Gasteiger partial charge is 0.338 e. The zero-order valence-electron chi connectivity index (χ0n) is 21.6. The SMILES string of the molecule is CCOC(=O)c1cccc(NC(=O)C2CCCN(Cc3nc(-c4ccc(OC)c(OC)c4)no3)C2)c1C. The number of hydrogen-bond acceptors (Lipinski definition) is 9. The normalized spacial score (nSPS) is 15.7. The van der Waals surface area contributed by atoms with E-state index < -0.39 is 5.97 Å². The number of aromatic nitrogens is 2. The lowest BCUT2D eigenvalue weighted by Gasteiger charge is -2.31. The molecule has 1 fully saturated rings. The molecule has 0 spiro atoms. The Balaban J connectivity index is 1.39. The minimum absolute atomic E-state index is 0.0784.